The third-order valence-corrected chi connectivity index (χ3v) is 5.70. The van der Waals surface area contributed by atoms with Crippen molar-refractivity contribution in [1.29, 1.82) is 0 Å². The zero-order chi connectivity index (χ0) is 15.4. The second-order valence-electron chi connectivity index (χ2n) is 5.91. The monoisotopic (exact) mass is 310 g/mol. The lowest BCUT2D eigenvalue weighted by Crippen LogP contribution is -1.80. The fraction of sp³-hybridized carbons (Fsp3) is 0. The minimum atomic E-state index is 1.23. The third-order valence-electron chi connectivity index (χ3n) is 4.60. The molecule has 5 aromatic rings. The van der Waals surface area contributed by atoms with Crippen LogP contribution in [0.2, 0.25) is 0 Å². The minimum Gasteiger partial charge on any atom is -0.136 e. The molecule has 0 bridgehead atoms. The molecular weight excluding hydrogens is 296 g/mol. The Balaban J connectivity index is 1.98. The van der Waals surface area contributed by atoms with E-state index in [4.69, 9.17) is 0 Å². The Labute approximate surface area is 138 Å². The zero-order valence-corrected chi connectivity index (χ0v) is 13.4. The van der Waals surface area contributed by atoms with Crippen molar-refractivity contribution in [2.75, 3.05) is 0 Å². The van der Waals surface area contributed by atoms with E-state index < -0.39 is 0 Å². The predicted molar refractivity (Wildman–Crippen MR) is 104 cm³/mol. The Hall–Kier alpha value is -2.64. The van der Waals surface area contributed by atoms with E-state index in [1.165, 1.54) is 47.3 Å². The number of hydrogen-bond acceptors (Lipinski definition) is 1. The maximum atomic E-state index is 3.90. The maximum absolute atomic E-state index is 3.90. The molecule has 0 spiro atoms. The Morgan fingerprint density at radius 1 is 0.652 bits per heavy atom. The van der Waals surface area contributed by atoms with E-state index in [2.05, 4.69) is 73.3 Å². The van der Waals surface area contributed by atoms with Crippen LogP contribution in [0.1, 0.15) is 4.88 Å². The van der Waals surface area contributed by atoms with Crippen molar-refractivity contribution in [2.45, 2.75) is 0 Å². The van der Waals surface area contributed by atoms with Crippen LogP contribution in [0, 0.1) is 0 Å². The number of fused-ring (bicyclic) bond motifs is 6. The van der Waals surface area contributed by atoms with Crippen molar-refractivity contribution < 1.29 is 0 Å². The Bertz CT molecular complexity index is 1220. The van der Waals surface area contributed by atoms with Gasteiger partial charge in [-0.1, -0.05) is 55.1 Å². The minimum absolute atomic E-state index is 1.23. The molecule has 0 radical (unpaired) electrons. The Morgan fingerprint density at radius 3 is 2.22 bits per heavy atom. The van der Waals surface area contributed by atoms with Gasteiger partial charge in [0.25, 0.3) is 0 Å². The molecule has 0 aliphatic rings. The molecule has 0 nitrogen and oxygen atoms in total. The van der Waals surface area contributed by atoms with E-state index in [-0.39, 0.29) is 0 Å². The molecular formula is C22H14S. The average Bonchev–Trinajstić information content (AvgIpc) is 3.03. The van der Waals surface area contributed by atoms with Crippen LogP contribution in [0.5, 0.6) is 0 Å². The summed E-state index contributed by atoms with van der Waals surface area (Å²) < 4.78 is 1.33. The molecule has 0 N–H and O–H groups in total. The van der Waals surface area contributed by atoms with Crippen LogP contribution >= 0.6 is 11.3 Å². The van der Waals surface area contributed by atoms with Crippen LogP contribution in [0.15, 0.2) is 73.3 Å². The Kier molecular flexibility index (Phi) is 2.61. The first-order valence-electron chi connectivity index (χ1n) is 7.74. The molecule has 23 heavy (non-hydrogen) atoms. The summed E-state index contributed by atoms with van der Waals surface area (Å²) >= 11 is 1.80. The van der Waals surface area contributed by atoms with Gasteiger partial charge in [0.15, 0.2) is 0 Å². The molecule has 4 aromatic carbocycles. The molecule has 0 aliphatic carbocycles. The summed E-state index contributed by atoms with van der Waals surface area (Å²) in [6, 6.07) is 24.4. The summed E-state index contributed by atoms with van der Waals surface area (Å²) in [5.41, 5.74) is 0. The largest absolute Gasteiger partial charge is 0.136 e. The highest BCUT2D eigenvalue weighted by molar-refractivity contribution is 7.20. The molecule has 0 aliphatic heterocycles. The second-order valence-corrected chi connectivity index (χ2v) is 7.03. The second kappa shape index (κ2) is 4.68. The lowest BCUT2D eigenvalue weighted by molar-refractivity contribution is 1.79. The van der Waals surface area contributed by atoms with Gasteiger partial charge >= 0.3 is 0 Å². The van der Waals surface area contributed by atoms with E-state index in [1.807, 2.05) is 6.08 Å². The van der Waals surface area contributed by atoms with Gasteiger partial charge in [-0.15, -0.1) is 11.3 Å². The molecule has 0 unspecified atom stereocenters. The molecule has 1 aromatic heterocycles. The molecule has 0 fully saturated rings. The molecule has 0 amide bonds. The van der Waals surface area contributed by atoms with Crippen LogP contribution in [-0.2, 0) is 0 Å². The first-order valence-corrected chi connectivity index (χ1v) is 8.55. The fourth-order valence-corrected chi connectivity index (χ4v) is 4.40. The van der Waals surface area contributed by atoms with Crippen LogP contribution in [0.4, 0.5) is 0 Å². The lowest BCUT2D eigenvalue weighted by Gasteiger charge is -2.07. The fourth-order valence-electron chi connectivity index (χ4n) is 3.47. The predicted octanol–water partition coefficient (Wildman–Crippen LogP) is 7.00. The van der Waals surface area contributed by atoms with Gasteiger partial charge in [0.2, 0.25) is 0 Å². The number of rotatable bonds is 1. The molecule has 108 valence electrons. The summed E-state index contributed by atoms with van der Waals surface area (Å²) in [5.74, 6) is 0. The van der Waals surface area contributed by atoms with Crippen LogP contribution in [0.3, 0.4) is 0 Å². The summed E-state index contributed by atoms with van der Waals surface area (Å²) in [7, 11) is 0. The number of thiophene rings is 1. The summed E-state index contributed by atoms with van der Waals surface area (Å²) in [4.78, 5) is 1.23. The van der Waals surface area contributed by atoms with E-state index in [0.717, 1.165) is 0 Å². The molecule has 5 rings (SSSR count). The van der Waals surface area contributed by atoms with Gasteiger partial charge in [-0.25, -0.2) is 0 Å². The first kappa shape index (κ1) is 12.9. The molecule has 1 heteroatoms. The standard InChI is InChI=1S/C22H14S/c1-2-17-13-21-19-8-7-16-11-14-5-3-4-6-15(14)12-20(16)18(19)9-10-22(21)23-17/h2-13H,1H2. The molecule has 0 saturated heterocycles. The Morgan fingerprint density at radius 2 is 1.39 bits per heavy atom. The maximum Gasteiger partial charge on any atom is 0.0355 e. The van der Waals surface area contributed by atoms with Crippen LogP contribution in [-0.4, -0.2) is 0 Å². The topological polar surface area (TPSA) is 0 Å². The van der Waals surface area contributed by atoms with E-state index >= 15 is 0 Å². The third kappa shape index (κ3) is 1.84. The summed E-state index contributed by atoms with van der Waals surface area (Å²) in [6.07, 6.45) is 1.94. The van der Waals surface area contributed by atoms with Gasteiger partial charge in [0.05, 0.1) is 0 Å². The number of hydrogen-bond donors (Lipinski definition) is 0. The van der Waals surface area contributed by atoms with Crippen molar-refractivity contribution in [2.24, 2.45) is 0 Å². The van der Waals surface area contributed by atoms with Crippen molar-refractivity contribution >= 4 is 59.8 Å². The van der Waals surface area contributed by atoms with Gasteiger partial charge in [-0.05, 0) is 56.6 Å². The highest BCUT2D eigenvalue weighted by atomic mass is 32.1. The highest BCUT2D eigenvalue weighted by Crippen LogP contribution is 2.36. The zero-order valence-electron chi connectivity index (χ0n) is 12.5. The molecule has 1 heterocycles. The summed E-state index contributed by atoms with van der Waals surface area (Å²) in [5, 5.41) is 9.21. The van der Waals surface area contributed by atoms with E-state index in [9.17, 15) is 0 Å². The highest BCUT2D eigenvalue weighted by Gasteiger charge is 2.08. The van der Waals surface area contributed by atoms with Crippen molar-refractivity contribution in [3.8, 4) is 0 Å². The van der Waals surface area contributed by atoms with E-state index in [0.29, 0.717) is 0 Å². The lowest BCUT2D eigenvalue weighted by atomic mass is 9.97. The van der Waals surface area contributed by atoms with E-state index in [1.54, 1.807) is 11.3 Å². The first-order chi connectivity index (χ1) is 11.3. The number of benzene rings is 4. The summed E-state index contributed by atoms with van der Waals surface area (Å²) in [6.45, 7) is 3.90. The van der Waals surface area contributed by atoms with Crippen LogP contribution in [0.25, 0.3) is 48.5 Å². The van der Waals surface area contributed by atoms with Gasteiger partial charge in [-0.3, -0.25) is 0 Å². The van der Waals surface area contributed by atoms with Crippen LogP contribution < -0.4 is 0 Å². The smallest absolute Gasteiger partial charge is 0.0355 e. The van der Waals surface area contributed by atoms with Gasteiger partial charge in [0, 0.05) is 15.0 Å². The van der Waals surface area contributed by atoms with Gasteiger partial charge < -0.3 is 0 Å². The van der Waals surface area contributed by atoms with Gasteiger partial charge in [-0.2, -0.15) is 0 Å². The average molecular weight is 310 g/mol. The normalized spacial score (nSPS) is 11.7. The molecule has 0 saturated carbocycles. The van der Waals surface area contributed by atoms with Crippen molar-refractivity contribution in [1.82, 2.24) is 0 Å². The molecule has 0 atom stereocenters. The van der Waals surface area contributed by atoms with Crippen molar-refractivity contribution in [3.05, 3.63) is 78.2 Å². The quantitative estimate of drug-likeness (QED) is 0.231. The SMILES string of the molecule is C=Cc1cc2c(ccc3c4cc5ccccc5cc4ccc23)s1. The van der Waals surface area contributed by atoms with Crippen molar-refractivity contribution in [3.63, 3.8) is 0 Å². The van der Waals surface area contributed by atoms with Gasteiger partial charge in [0.1, 0.15) is 0 Å².